The first-order valence-electron chi connectivity index (χ1n) is 6.76. The molecule has 0 atom stereocenters. The maximum absolute atomic E-state index is 12.0. The molecule has 1 aromatic rings. The standard InChI is InChI=1S/C13H24N4O/c1-12(2)17-11-10-16(13(17)18)9-8-15-6-4-14(3)5-7-15/h10-12H,4-9H2,1-3H3. The maximum Gasteiger partial charge on any atom is 0.328 e. The van der Waals surface area contributed by atoms with E-state index in [0.717, 1.165) is 39.3 Å². The van der Waals surface area contributed by atoms with Crippen LogP contribution < -0.4 is 5.69 Å². The van der Waals surface area contributed by atoms with Gasteiger partial charge in [0.15, 0.2) is 0 Å². The van der Waals surface area contributed by atoms with Crippen molar-refractivity contribution in [1.82, 2.24) is 18.9 Å². The minimum absolute atomic E-state index is 0.110. The molecule has 2 rings (SSSR count). The van der Waals surface area contributed by atoms with Gasteiger partial charge in [-0.15, -0.1) is 0 Å². The summed E-state index contributed by atoms with van der Waals surface area (Å²) >= 11 is 0. The van der Waals surface area contributed by atoms with E-state index in [0.29, 0.717) is 0 Å². The van der Waals surface area contributed by atoms with Crippen LogP contribution in [-0.2, 0) is 6.54 Å². The van der Waals surface area contributed by atoms with Crippen molar-refractivity contribution >= 4 is 0 Å². The van der Waals surface area contributed by atoms with Gasteiger partial charge in [0.25, 0.3) is 0 Å². The summed E-state index contributed by atoms with van der Waals surface area (Å²) in [7, 11) is 2.16. The molecule has 1 aliphatic rings. The Balaban J connectivity index is 1.89. The lowest BCUT2D eigenvalue weighted by Gasteiger charge is -2.32. The average molecular weight is 252 g/mol. The second-order valence-electron chi connectivity index (χ2n) is 5.42. The molecule has 0 N–H and O–H groups in total. The number of rotatable bonds is 4. The third-order valence-corrected chi connectivity index (χ3v) is 3.68. The zero-order valence-corrected chi connectivity index (χ0v) is 11.7. The van der Waals surface area contributed by atoms with E-state index >= 15 is 0 Å². The monoisotopic (exact) mass is 252 g/mol. The lowest BCUT2D eigenvalue weighted by atomic mass is 10.3. The summed E-state index contributed by atoms with van der Waals surface area (Å²) in [4.78, 5) is 16.8. The minimum atomic E-state index is 0.110. The van der Waals surface area contributed by atoms with E-state index in [9.17, 15) is 4.79 Å². The van der Waals surface area contributed by atoms with Crippen molar-refractivity contribution in [3.8, 4) is 0 Å². The Kier molecular flexibility index (Phi) is 4.24. The molecule has 18 heavy (non-hydrogen) atoms. The second kappa shape index (κ2) is 5.71. The van der Waals surface area contributed by atoms with E-state index in [2.05, 4.69) is 16.8 Å². The molecule has 0 amide bonds. The lowest BCUT2D eigenvalue weighted by molar-refractivity contribution is 0.149. The second-order valence-corrected chi connectivity index (χ2v) is 5.42. The number of imidazole rings is 1. The van der Waals surface area contributed by atoms with Gasteiger partial charge in [-0.1, -0.05) is 0 Å². The Morgan fingerprint density at radius 1 is 1.11 bits per heavy atom. The SMILES string of the molecule is CC(C)n1ccn(CCN2CCN(C)CC2)c1=O. The fourth-order valence-electron chi connectivity index (χ4n) is 2.31. The summed E-state index contributed by atoms with van der Waals surface area (Å²) in [5.74, 6) is 0. The highest BCUT2D eigenvalue weighted by atomic mass is 16.1. The molecule has 0 spiro atoms. The van der Waals surface area contributed by atoms with Gasteiger partial charge >= 0.3 is 5.69 Å². The van der Waals surface area contributed by atoms with Crippen molar-refractivity contribution in [2.45, 2.75) is 26.4 Å². The highest BCUT2D eigenvalue weighted by Gasteiger charge is 2.14. The molecule has 1 aromatic heterocycles. The Morgan fingerprint density at radius 3 is 2.33 bits per heavy atom. The number of aromatic nitrogens is 2. The minimum Gasteiger partial charge on any atom is -0.304 e. The Labute approximate surface area is 109 Å². The fraction of sp³-hybridized carbons (Fsp3) is 0.769. The van der Waals surface area contributed by atoms with Crippen LogP contribution in [-0.4, -0.2) is 58.7 Å². The molecule has 0 aliphatic carbocycles. The van der Waals surface area contributed by atoms with E-state index in [1.165, 1.54) is 0 Å². The van der Waals surface area contributed by atoms with Crippen LogP contribution in [0.3, 0.4) is 0 Å². The van der Waals surface area contributed by atoms with Crippen molar-refractivity contribution < 1.29 is 0 Å². The number of hydrogen-bond donors (Lipinski definition) is 0. The fourth-order valence-corrected chi connectivity index (χ4v) is 2.31. The highest BCUT2D eigenvalue weighted by Crippen LogP contribution is 2.01. The average Bonchev–Trinajstić information content (AvgIpc) is 2.70. The van der Waals surface area contributed by atoms with Gasteiger partial charge in [0.2, 0.25) is 0 Å². The zero-order chi connectivity index (χ0) is 13.1. The molecule has 2 heterocycles. The van der Waals surface area contributed by atoms with Gasteiger partial charge in [0.1, 0.15) is 0 Å². The van der Waals surface area contributed by atoms with Gasteiger partial charge in [-0.05, 0) is 20.9 Å². The normalized spacial score (nSPS) is 18.7. The summed E-state index contributed by atoms with van der Waals surface area (Å²) in [6.45, 7) is 10.3. The van der Waals surface area contributed by atoms with Crippen LogP contribution >= 0.6 is 0 Å². The van der Waals surface area contributed by atoms with Crippen LogP contribution in [0, 0.1) is 0 Å². The van der Waals surface area contributed by atoms with Crippen molar-refractivity contribution in [1.29, 1.82) is 0 Å². The van der Waals surface area contributed by atoms with Crippen LogP contribution in [0.5, 0.6) is 0 Å². The van der Waals surface area contributed by atoms with Gasteiger partial charge in [0.05, 0.1) is 0 Å². The largest absolute Gasteiger partial charge is 0.328 e. The quantitative estimate of drug-likeness (QED) is 0.781. The van der Waals surface area contributed by atoms with Gasteiger partial charge in [0, 0.05) is 57.7 Å². The first-order chi connectivity index (χ1) is 8.58. The van der Waals surface area contributed by atoms with E-state index in [1.807, 2.05) is 30.8 Å². The van der Waals surface area contributed by atoms with Gasteiger partial charge < -0.3 is 4.90 Å². The molecule has 1 aliphatic heterocycles. The predicted octanol–water partition coefficient (Wildman–Crippen LogP) is 0.478. The van der Waals surface area contributed by atoms with Gasteiger partial charge in [-0.3, -0.25) is 14.0 Å². The smallest absolute Gasteiger partial charge is 0.304 e. The van der Waals surface area contributed by atoms with Crippen molar-refractivity contribution in [2.75, 3.05) is 39.8 Å². The van der Waals surface area contributed by atoms with E-state index in [1.54, 1.807) is 4.57 Å². The summed E-state index contributed by atoms with van der Waals surface area (Å²) < 4.78 is 3.60. The molecule has 0 bridgehead atoms. The molecular formula is C13H24N4O. The van der Waals surface area contributed by atoms with Crippen molar-refractivity contribution in [3.63, 3.8) is 0 Å². The summed E-state index contributed by atoms with van der Waals surface area (Å²) in [5, 5.41) is 0. The van der Waals surface area contributed by atoms with Crippen LogP contribution in [0.2, 0.25) is 0 Å². The predicted molar refractivity (Wildman–Crippen MR) is 73.0 cm³/mol. The summed E-state index contributed by atoms with van der Waals surface area (Å²) in [6, 6.07) is 0.238. The summed E-state index contributed by atoms with van der Waals surface area (Å²) in [6.07, 6.45) is 3.79. The van der Waals surface area contributed by atoms with Gasteiger partial charge in [-0.2, -0.15) is 0 Å². The zero-order valence-electron chi connectivity index (χ0n) is 11.7. The molecular weight excluding hydrogens is 228 g/mol. The van der Waals surface area contributed by atoms with E-state index < -0.39 is 0 Å². The van der Waals surface area contributed by atoms with Gasteiger partial charge in [-0.25, -0.2) is 4.79 Å². The first kappa shape index (κ1) is 13.4. The van der Waals surface area contributed by atoms with Crippen molar-refractivity contribution in [2.24, 2.45) is 0 Å². The Bertz CT molecular complexity index is 426. The Hall–Kier alpha value is -1.07. The third kappa shape index (κ3) is 3.03. The Morgan fingerprint density at radius 2 is 1.78 bits per heavy atom. The van der Waals surface area contributed by atoms with E-state index in [4.69, 9.17) is 0 Å². The maximum atomic E-state index is 12.0. The first-order valence-corrected chi connectivity index (χ1v) is 6.76. The highest BCUT2D eigenvalue weighted by molar-refractivity contribution is 4.84. The molecule has 5 nitrogen and oxygen atoms in total. The number of hydrogen-bond acceptors (Lipinski definition) is 3. The van der Waals surface area contributed by atoms with Crippen molar-refractivity contribution in [3.05, 3.63) is 22.9 Å². The molecule has 5 heteroatoms. The third-order valence-electron chi connectivity index (χ3n) is 3.68. The van der Waals surface area contributed by atoms with Crippen LogP contribution in [0.15, 0.2) is 17.2 Å². The molecule has 0 aromatic carbocycles. The van der Waals surface area contributed by atoms with Crippen LogP contribution in [0.25, 0.3) is 0 Å². The topological polar surface area (TPSA) is 33.4 Å². The molecule has 0 unspecified atom stereocenters. The molecule has 0 radical (unpaired) electrons. The number of nitrogens with zero attached hydrogens (tertiary/aromatic N) is 4. The molecule has 0 saturated carbocycles. The van der Waals surface area contributed by atoms with Crippen LogP contribution in [0.1, 0.15) is 19.9 Å². The van der Waals surface area contributed by atoms with Crippen LogP contribution in [0.4, 0.5) is 0 Å². The molecule has 1 fully saturated rings. The number of likely N-dealkylation sites (N-methyl/N-ethyl adjacent to an activating group) is 1. The molecule has 1 saturated heterocycles. The molecule has 102 valence electrons. The summed E-state index contributed by atoms with van der Waals surface area (Å²) in [5.41, 5.74) is 0.110. The number of piperazine rings is 1. The lowest BCUT2D eigenvalue weighted by Crippen LogP contribution is -2.45. The van der Waals surface area contributed by atoms with E-state index in [-0.39, 0.29) is 11.7 Å².